The fourth-order valence-electron chi connectivity index (χ4n) is 7.81. The molecule has 0 amide bonds. The van der Waals surface area contributed by atoms with Gasteiger partial charge in [-0.3, -0.25) is 4.79 Å². The van der Waals surface area contributed by atoms with Gasteiger partial charge in [0.05, 0.1) is 55.4 Å². The van der Waals surface area contributed by atoms with Gasteiger partial charge in [0.15, 0.2) is 5.78 Å². The maximum absolute atomic E-state index is 13.3. The smallest absolute Gasteiger partial charge is 0.185 e. The van der Waals surface area contributed by atoms with Gasteiger partial charge in [0, 0.05) is 80.7 Å². The second kappa shape index (κ2) is 14.6. The minimum Gasteiger partial charge on any atom is -0.340 e. The van der Waals surface area contributed by atoms with Crippen molar-refractivity contribution in [3.8, 4) is 0 Å². The highest BCUT2D eigenvalue weighted by atomic mass is 16.1. The Kier molecular flexibility index (Phi) is 9.93. The van der Waals surface area contributed by atoms with Crippen LogP contribution >= 0.6 is 0 Å². The highest BCUT2D eigenvalue weighted by Gasteiger charge is 2.22. The zero-order valence-corrected chi connectivity index (χ0v) is 31.9. The molecule has 0 saturated heterocycles. The molecule has 0 spiro atoms. The summed E-state index contributed by atoms with van der Waals surface area (Å²) in [6.45, 7) is 4.28. The third-order valence-corrected chi connectivity index (χ3v) is 10.4. The monoisotopic (exact) mass is 690 g/mol. The topological polar surface area (TPSA) is 26.9 Å². The molecule has 0 unspecified atom stereocenters. The Balaban J connectivity index is 1.04. The number of rotatable bonds is 12. The van der Waals surface area contributed by atoms with Crippen LogP contribution in [-0.4, -0.2) is 79.3 Å². The maximum Gasteiger partial charge on any atom is 0.185 e. The first-order valence-corrected chi connectivity index (χ1v) is 18.9. The standard InChI is InChI=1S/C47H54N4O/c1-50(2,3)31-13-29-48-43-21-9-7-19-39(43)41-33-35(23-27-45(41)48)15-11-17-37-25-26-38(47(37)52)18-12-16-36-24-28-46-42(34-36)40-20-8-10-22-44(40)49(46)30-14-32-51(4,5)6/h7-12,15-24,27-28,33-34H,13-14,25-26,29-32H2,1-6H3/q+2/b15-11?,16-12?,37-17+,38-18+. The molecule has 0 radical (unpaired) electrons. The van der Waals surface area contributed by atoms with Gasteiger partial charge >= 0.3 is 0 Å². The fraction of sp³-hybridized carbons (Fsp3) is 0.298. The number of aryl methyl sites for hydroxylation is 2. The molecule has 1 fully saturated rings. The van der Waals surface area contributed by atoms with Crippen LogP contribution in [-0.2, 0) is 17.9 Å². The van der Waals surface area contributed by atoms with Gasteiger partial charge in [-0.1, -0.05) is 85.0 Å². The van der Waals surface area contributed by atoms with Gasteiger partial charge in [-0.15, -0.1) is 0 Å². The van der Waals surface area contributed by atoms with E-state index in [1.807, 2.05) is 24.3 Å². The highest BCUT2D eigenvalue weighted by Crippen LogP contribution is 2.32. The van der Waals surface area contributed by atoms with E-state index in [0.29, 0.717) is 0 Å². The number of Topliss-reactive ketones (excluding diaryl/α,β-unsaturated/α-hetero) is 1. The van der Waals surface area contributed by atoms with Gasteiger partial charge in [0.2, 0.25) is 0 Å². The number of allylic oxidation sites excluding steroid dienone is 6. The van der Waals surface area contributed by atoms with Crippen molar-refractivity contribution in [1.29, 1.82) is 0 Å². The lowest BCUT2D eigenvalue weighted by atomic mass is 10.1. The third kappa shape index (κ3) is 7.77. The summed E-state index contributed by atoms with van der Waals surface area (Å²) in [5, 5.41) is 5.15. The van der Waals surface area contributed by atoms with Crippen LogP contribution in [0.4, 0.5) is 0 Å². The van der Waals surface area contributed by atoms with E-state index in [1.165, 1.54) is 43.6 Å². The summed E-state index contributed by atoms with van der Waals surface area (Å²) in [5.74, 6) is 0.161. The zero-order chi connectivity index (χ0) is 36.5. The van der Waals surface area contributed by atoms with E-state index in [-0.39, 0.29) is 5.78 Å². The first kappa shape index (κ1) is 35.4. The third-order valence-electron chi connectivity index (χ3n) is 10.4. The number of fused-ring (bicyclic) bond motifs is 6. The van der Waals surface area contributed by atoms with Crippen LogP contribution in [0.1, 0.15) is 36.8 Å². The summed E-state index contributed by atoms with van der Waals surface area (Å²) in [4.78, 5) is 13.3. The normalized spacial score (nSPS) is 16.2. The molecule has 1 saturated carbocycles. The van der Waals surface area contributed by atoms with Crippen LogP contribution < -0.4 is 0 Å². The number of quaternary nitrogens is 2. The average molecular weight is 691 g/mol. The first-order chi connectivity index (χ1) is 24.9. The van der Waals surface area contributed by atoms with Crippen LogP contribution in [0.5, 0.6) is 0 Å². The molecular formula is C47H54N4O+2. The number of hydrogen-bond donors (Lipinski definition) is 0. The maximum atomic E-state index is 13.3. The van der Waals surface area contributed by atoms with Crippen LogP contribution in [0.2, 0.25) is 0 Å². The lowest BCUT2D eigenvalue weighted by molar-refractivity contribution is -0.870. The van der Waals surface area contributed by atoms with Crippen molar-refractivity contribution in [2.75, 3.05) is 55.4 Å². The lowest BCUT2D eigenvalue weighted by Gasteiger charge is -2.24. The SMILES string of the molecule is C[N+](C)(C)CCCn1c2ccccc2c2cc(C=C/C=C3\CC/C(=C\C=Cc4ccc5c(c4)c4ccccc4n5CCC[N+](C)(C)C)C3=O)ccc21. The number of carbonyl (C=O) groups is 1. The van der Waals surface area contributed by atoms with Crippen LogP contribution in [0, 0.1) is 0 Å². The van der Waals surface area contributed by atoms with E-state index in [2.05, 4.69) is 149 Å². The Hall–Kier alpha value is -4.97. The predicted octanol–water partition coefficient (Wildman–Crippen LogP) is 10.0. The predicted molar refractivity (Wildman–Crippen MR) is 222 cm³/mol. The van der Waals surface area contributed by atoms with E-state index in [9.17, 15) is 4.79 Å². The Morgan fingerprint density at radius 2 is 0.942 bits per heavy atom. The summed E-state index contributed by atoms with van der Waals surface area (Å²) in [6.07, 6.45) is 16.2. The van der Waals surface area contributed by atoms with Crippen LogP contribution in [0.3, 0.4) is 0 Å². The summed E-state index contributed by atoms with van der Waals surface area (Å²) >= 11 is 0. The summed E-state index contributed by atoms with van der Waals surface area (Å²) in [6, 6.07) is 30.9. The molecule has 0 atom stereocenters. The Morgan fingerprint density at radius 1 is 0.538 bits per heavy atom. The number of para-hydroxylation sites is 2. The van der Waals surface area contributed by atoms with Gasteiger partial charge in [0.1, 0.15) is 0 Å². The fourth-order valence-corrected chi connectivity index (χ4v) is 7.81. The number of aromatic nitrogens is 2. The largest absolute Gasteiger partial charge is 0.340 e. The van der Waals surface area contributed by atoms with E-state index >= 15 is 0 Å². The van der Waals surface area contributed by atoms with E-state index in [1.54, 1.807) is 0 Å². The molecule has 266 valence electrons. The first-order valence-electron chi connectivity index (χ1n) is 18.9. The number of benzene rings is 4. The number of hydrogen-bond acceptors (Lipinski definition) is 1. The molecule has 2 heterocycles. The van der Waals surface area contributed by atoms with Gasteiger partial charge in [0.25, 0.3) is 0 Å². The van der Waals surface area contributed by atoms with Gasteiger partial charge in [-0.25, -0.2) is 0 Å². The number of nitrogens with zero attached hydrogens (tertiary/aromatic N) is 4. The molecule has 52 heavy (non-hydrogen) atoms. The molecule has 6 aromatic rings. The second-order valence-electron chi connectivity index (χ2n) is 16.6. The Morgan fingerprint density at radius 3 is 1.37 bits per heavy atom. The molecule has 2 aromatic heterocycles. The van der Waals surface area contributed by atoms with Crippen molar-refractivity contribution in [3.63, 3.8) is 0 Å². The minimum atomic E-state index is 0.161. The summed E-state index contributed by atoms with van der Waals surface area (Å²) in [7, 11) is 13.5. The van der Waals surface area contributed by atoms with Crippen LogP contribution in [0.25, 0.3) is 55.8 Å². The van der Waals surface area contributed by atoms with Crippen LogP contribution in [0.15, 0.2) is 120 Å². The zero-order valence-electron chi connectivity index (χ0n) is 31.9. The molecule has 0 N–H and O–H groups in total. The van der Waals surface area contributed by atoms with E-state index < -0.39 is 0 Å². The summed E-state index contributed by atoms with van der Waals surface area (Å²) < 4.78 is 6.89. The van der Waals surface area contributed by atoms with Crippen molar-refractivity contribution in [2.45, 2.75) is 38.8 Å². The molecule has 4 aromatic carbocycles. The Bertz CT molecular complexity index is 2230. The molecule has 5 heteroatoms. The van der Waals surface area contributed by atoms with Gasteiger partial charge in [-0.05, 0) is 60.4 Å². The van der Waals surface area contributed by atoms with E-state index in [4.69, 9.17) is 0 Å². The van der Waals surface area contributed by atoms with Crippen molar-refractivity contribution < 1.29 is 13.8 Å². The molecule has 0 bridgehead atoms. The van der Waals surface area contributed by atoms with E-state index in [0.717, 1.165) is 83.1 Å². The Labute approximate surface area is 309 Å². The van der Waals surface area contributed by atoms with Crippen molar-refractivity contribution in [2.24, 2.45) is 0 Å². The number of carbonyl (C=O) groups excluding carboxylic acids is 1. The second-order valence-corrected chi connectivity index (χ2v) is 16.6. The lowest BCUT2D eigenvalue weighted by Crippen LogP contribution is -2.35. The molecule has 0 aliphatic heterocycles. The highest BCUT2D eigenvalue weighted by molar-refractivity contribution is 6.11. The molecule has 7 rings (SSSR count). The quantitative estimate of drug-likeness (QED) is 0.0928. The molecular weight excluding hydrogens is 637 g/mol. The summed E-state index contributed by atoms with van der Waals surface area (Å²) in [5.41, 5.74) is 9.20. The number of ketones is 1. The van der Waals surface area contributed by atoms with Crippen molar-refractivity contribution in [1.82, 2.24) is 9.13 Å². The molecule has 5 nitrogen and oxygen atoms in total. The van der Waals surface area contributed by atoms with Gasteiger partial charge < -0.3 is 18.1 Å². The van der Waals surface area contributed by atoms with Crippen molar-refractivity contribution >= 4 is 61.5 Å². The minimum absolute atomic E-state index is 0.161. The average Bonchev–Trinajstić information content (AvgIpc) is 3.73. The van der Waals surface area contributed by atoms with Gasteiger partial charge in [-0.2, -0.15) is 0 Å². The van der Waals surface area contributed by atoms with Crippen molar-refractivity contribution in [3.05, 3.63) is 132 Å². The molecule has 1 aliphatic rings. The molecule has 1 aliphatic carbocycles.